The number of rotatable bonds is 6. The summed E-state index contributed by atoms with van der Waals surface area (Å²) in [7, 11) is 3.26. The van der Waals surface area contributed by atoms with Crippen molar-refractivity contribution in [3.05, 3.63) is 29.3 Å². The Morgan fingerprint density at radius 3 is 2.72 bits per heavy atom. The maximum absolute atomic E-state index is 11.3. The van der Waals surface area contributed by atoms with E-state index < -0.39 is 0 Å². The lowest BCUT2D eigenvalue weighted by Crippen LogP contribution is -2.32. The van der Waals surface area contributed by atoms with Gasteiger partial charge in [0.15, 0.2) is 0 Å². The van der Waals surface area contributed by atoms with E-state index >= 15 is 0 Å². The molecule has 0 aliphatic rings. The fourth-order valence-corrected chi connectivity index (χ4v) is 1.87. The smallest absolute Gasteiger partial charge is 0.236 e. The molecule has 18 heavy (non-hydrogen) atoms. The minimum atomic E-state index is -0.0220. The van der Waals surface area contributed by atoms with E-state index in [1.54, 1.807) is 14.2 Å². The van der Waals surface area contributed by atoms with Gasteiger partial charge in [-0.05, 0) is 37.8 Å². The van der Waals surface area contributed by atoms with Crippen LogP contribution in [0.4, 0.5) is 0 Å². The molecular formula is C14H22N2O2. The number of hydrogen-bond acceptors (Lipinski definition) is 3. The average Bonchev–Trinajstić information content (AvgIpc) is 2.34. The molecule has 1 amide bonds. The SMILES string of the molecule is COc1ccc(C)cc1CCCCC(=O)N(C)N. The number of ether oxygens (including phenoxy) is 1. The zero-order valence-electron chi connectivity index (χ0n) is 11.4. The number of carbonyl (C=O) groups excluding carboxylic acids is 1. The van der Waals surface area contributed by atoms with Gasteiger partial charge in [-0.1, -0.05) is 17.7 Å². The monoisotopic (exact) mass is 250 g/mol. The van der Waals surface area contributed by atoms with Crippen molar-refractivity contribution in [2.24, 2.45) is 5.84 Å². The number of nitrogens with two attached hydrogens (primary N) is 1. The molecule has 4 heteroatoms. The summed E-state index contributed by atoms with van der Waals surface area (Å²) in [4.78, 5) is 11.3. The Bertz CT molecular complexity index is 403. The first-order valence-electron chi connectivity index (χ1n) is 6.19. The summed E-state index contributed by atoms with van der Waals surface area (Å²) >= 11 is 0. The predicted octanol–water partition coefficient (Wildman–Crippen LogP) is 2.05. The Kier molecular flexibility index (Phi) is 5.65. The third kappa shape index (κ3) is 4.37. The molecule has 0 saturated heterocycles. The molecule has 0 unspecified atom stereocenters. The van der Waals surface area contributed by atoms with Gasteiger partial charge < -0.3 is 4.74 Å². The van der Waals surface area contributed by atoms with Crippen LogP contribution in [0, 0.1) is 6.92 Å². The van der Waals surface area contributed by atoms with Gasteiger partial charge in [0.1, 0.15) is 5.75 Å². The van der Waals surface area contributed by atoms with E-state index in [0.29, 0.717) is 6.42 Å². The van der Waals surface area contributed by atoms with E-state index in [-0.39, 0.29) is 5.91 Å². The summed E-state index contributed by atoms with van der Waals surface area (Å²) in [5.74, 6) is 6.26. The molecule has 0 aliphatic carbocycles. The number of unbranched alkanes of at least 4 members (excludes halogenated alkanes) is 1. The first kappa shape index (κ1) is 14.5. The van der Waals surface area contributed by atoms with Crippen LogP contribution in [0.3, 0.4) is 0 Å². The molecule has 4 nitrogen and oxygen atoms in total. The van der Waals surface area contributed by atoms with Gasteiger partial charge in [-0.3, -0.25) is 9.80 Å². The summed E-state index contributed by atoms with van der Waals surface area (Å²) in [6, 6.07) is 6.16. The Morgan fingerprint density at radius 1 is 1.39 bits per heavy atom. The second-order valence-corrected chi connectivity index (χ2v) is 4.53. The van der Waals surface area contributed by atoms with Crippen LogP contribution < -0.4 is 10.6 Å². The lowest BCUT2D eigenvalue weighted by atomic mass is 10.0. The van der Waals surface area contributed by atoms with Gasteiger partial charge in [-0.2, -0.15) is 0 Å². The van der Waals surface area contributed by atoms with E-state index in [0.717, 1.165) is 30.0 Å². The first-order valence-corrected chi connectivity index (χ1v) is 6.19. The number of methoxy groups -OCH3 is 1. The number of carbonyl (C=O) groups is 1. The molecule has 100 valence electrons. The molecule has 0 heterocycles. The van der Waals surface area contributed by atoms with Gasteiger partial charge in [-0.15, -0.1) is 0 Å². The fraction of sp³-hybridized carbons (Fsp3) is 0.500. The van der Waals surface area contributed by atoms with Crippen LogP contribution in [-0.4, -0.2) is 25.1 Å². The minimum Gasteiger partial charge on any atom is -0.496 e. The molecule has 0 fully saturated rings. The van der Waals surface area contributed by atoms with Crippen LogP contribution in [0.2, 0.25) is 0 Å². The third-order valence-corrected chi connectivity index (χ3v) is 2.92. The molecule has 0 aliphatic heterocycles. The number of hydrazine groups is 1. The Labute approximate surface area is 109 Å². The number of hydrogen-bond donors (Lipinski definition) is 1. The molecule has 1 rings (SSSR count). The largest absolute Gasteiger partial charge is 0.496 e. The molecule has 0 saturated carbocycles. The van der Waals surface area contributed by atoms with Crippen molar-refractivity contribution in [1.82, 2.24) is 5.01 Å². The summed E-state index contributed by atoms with van der Waals surface area (Å²) in [6.07, 6.45) is 3.23. The highest BCUT2D eigenvalue weighted by Crippen LogP contribution is 2.21. The molecule has 0 spiro atoms. The van der Waals surface area contributed by atoms with E-state index in [4.69, 9.17) is 10.6 Å². The maximum Gasteiger partial charge on any atom is 0.236 e. The molecule has 0 aromatic heterocycles. The van der Waals surface area contributed by atoms with Gasteiger partial charge in [0.05, 0.1) is 7.11 Å². The van der Waals surface area contributed by atoms with Crippen LogP contribution in [0.25, 0.3) is 0 Å². The summed E-state index contributed by atoms with van der Waals surface area (Å²) < 4.78 is 5.32. The molecule has 1 aromatic rings. The van der Waals surface area contributed by atoms with Crippen LogP contribution in [0.5, 0.6) is 5.75 Å². The number of amides is 1. The Balaban J connectivity index is 2.44. The Hall–Kier alpha value is -1.55. The summed E-state index contributed by atoms with van der Waals surface area (Å²) in [5, 5.41) is 1.15. The predicted molar refractivity (Wildman–Crippen MR) is 72.2 cm³/mol. The fourth-order valence-electron chi connectivity index (χ4n) is 1.87. The van der Waals surface area contributed by atoms with Crippen LogP contribution >= 0.6 is 0 Å². The van der Waals surface area contributed by atoms with E-state index in [1.807, 2.05) is 12.1 Å². The standard InChI is InChI=1S/C14H22N2O2/c1-11-8-9-13(18-3)12(10-11)6-4-5-7-14(17)16(2)15/h8-10H,4-7,15H2,1-3H3. The Morgan fingerprint density at radius 2 is 2.11 bits per heavy atom. The van der Waals surface area contributed by atoms with E-state index in [1.165, 1.54) is 11.1 Å². The zero-order valence-corrected chi connectivity index (χ0v) is 11.4. The molecule has 0 bridgehead atoms. The number of benzene rings is 1. The van der Waals surface area contributed by atoms with Gasteiger partial charge in [0, 0.05) is 13.5 Å². The molecular weight excluding hydrogens is 228 g/mol. The van der Waals surface area contributed by atoms with Crippen molar-refractivity contribution in [2.45, 2.75) is 32.6 Å². The van der Waals surface area contributed by atoms with Gasteiger partial charge in [0.25, 0.3) is 0 Å². The van der Waals surface area contributed by atoms with Crippen molar-refractivity contribution in [3.8, 4) is 5.75 Å². The van der Waals surface area contributed by atoms with Crippen molar-refractivity contribution in [3.63, 3.8) is 0 Å². The van der Waals surface area contributed by atoms with Crippen LogP contribution in [-0.2, 0) is 11.2 Å². The quantitative estimate of drug-likeness (QED) is 0.364. The minimum absolute atomic E-state index is 0.0220. The molecule has 0 atom stereocenters. The van der Waals surface area contributed by atoms with Gasteiger partial charge in [-0.25, -0.2) is 5.84 Å². The lowest BCUT2D eigenvalue weighted by molar-refractivity contribution is -0.130. The van der Waals surface area contributed by atoms with Crippen LogP contribution in [0.15, 0.2) is 18.2 Å². The summed E-state index contributed by atoms with van der Waals surface area (Å²) in [5.41, 5.74) is 2.43. The highest BCUT2D eigenvalue weighted by molar-refractivity contribution is 5.75. The molecule has 2 N–H and O–H groups in total. The van der Waals surface area contributed by atoms with Crippen LogP contribution in [0.1, 0.15) is 30.4 Å². The highest BCUT2D eigenvalue weighted by Gasteiger charge is 2.06. The number of aryl methyl sites for hydroxylation is 2. The van der Waals surface area contributed by atoms with Gasteiger partial charge in [0.2, 0.25) is 5.91 Å². The normalized spacial score (nSPS) is 10.2. The second kappa shape index (κ2) is 7.01. The summed E-state index contributed by atoms with van der Waals surface area (Å²) in [6.45, 7) is 2.07. The van der Waals surface area contributed by atoms with Crippen molar-refractivity contribution in [1.29, 1.82) is 0 Å². The van der Waals surface area contributed by atoms with E-state index in [9.17, 15) is 4.79 Å². The third-order valence-electron chi connectivity index (χ3n) is 2.92. The lowest BCUT2D eigenvalue weighted by Gasteiger charge is -2.11. The first-order chi connectivity index (χ1) is 8.54. The average molecular weight is 250 g/mol. The van der Waals surface area contributed by atoms with E-state index in [2.05, 4.69) is 13.0 Å². The highest BCUT2D eigenvalue weighted by atomic mass is 16.5. The maximum atomic E-state index is 11.3. The van der Waals surface area contributed by atoms with Gasteiger partial charge >= 0.3 is 0 Å². The number of nitrogens with zero attached hydrogens (tertiary/aromatic N) is 1. The molecule has 1 aromatic carbocycles. The topological polar surface area (TPSA) is 55.6 Å². The second-order valence-electron chi connectivity index (χ2n) is 4.53. The van der Waals surface area contributed by atoms with Crippen molar-refractivity contribution >= 4 is 5.91 Å². The zero-order chi connectivity index (χ0) is 13.5. The molecule has 0 radical (unpaired) electrons. The van der Waals surface area contributed by atoms with Crippen molar-refractivity contribution in [2.75, 3.05) is 14.2 Å². The van der Waals surface area contributed by atoms with Crippen molar-refractivity contribution < 1.29 is 9.53 Å².